The standard InChI is InChI=1S/C22H26ClN5O2S/c23-15-9-24-20(25-10-15)17-8-16-6-14(17)11-28(16)18-7-13-2-5-31(30)19(13)21(26-18)27-22(12-29)3-1-4-22/h7,9-10,14,16-17,29H,1-6,8,11-12H2,(H,26,27)/t14?,16?,17?,31-/m1/s1. The number of fused-ring (bicyclic) bond motifs is 3. The highest BCUT2D eigenvalue weighted by Gasteiger charge is 2.47. The zero-order chi connectivity index (χ0) is 21.2. The molecule has 31 heavy (non-hydrogen) atoms. The lowest BCUT2D eigenvalue weighted by Crippen LogP contribution is -2.48. The first kappa shape index (κ1) is 19.9. The Kier molecular flexibility index (Phi) is 4.74. The van der Waals surface area contributed by atoms with Crippen LogP contribution in [0, 0.1) is 5.92 Å². The zero-order valence-electron chi connectivity index (χ0n) is 17.3. The van der Waals surface area contributed by atoms with Crippen molar-refractivity contribution in [1.82, 2.24) is 15.0 Å². The van der Waals surface area contributed by atoms with Gasteiger partial charge in [-0.25, -0.2) is 15.0 Å². The van der Waals surface area contributed by atoms with E-state index in [0.717, 1.165) is 73.0 Å². The molecule has 9 heteroatoms. The fourth-order valence-corrected chi connectivity index (χ4v) is 7.26. The fraction of sp³-hybridized carbons (Fsp3) is 0.591. The van der Waals surface area contributed by atoms with Crippen molar-refractivity contribution >= 4 is 34.0 Å². The molecule has 1 saturated heterocycles. The third kappa shape index (κ3) is 3.26. The van der Waals surface area contributed by atoms with Crippen LogP contribution in [0.2, 0.25) is 5.02 Å². The number of hydrogen-bond donors (Lipinski definition) is 2. The molecule has 0 spiro atoms. The first-order chi connectivity index (χ1) is 15.0. The summed E-state index contributed by atoms with van der Waals surface area (Å²) >= 11 is 5.96. The van der Waals surface area contributed by atoms with Crippen LogP contribution in [0.5, 0.6) is 0 Å². The van der Waals surface area contributed by atoms with Gasteiger partial charge in [0.2, 0.25) is 0 Å². The van der Waals surface area contributed by atoms with E-state index in [1.807, 2.05) is 0 Å². The molecule has 3 fully saturated rings. The van der Waals surface area contributed by atoms with E-state index in [2.05, 4.69) is 26.3 Å². The van der Waals surface area contributed by atoms with E-state index >= 15 is 0 Å². The Morgan fingerprint density at radius 3 is 2.74 bits per heavy atom. The van der Waals surface area contributed by atoms with Crippen LogP contribution in [0.1, 0.15) is 49.4 Å². The minimum Gasteiger partial charge on any atom is -0.394 e. The molecule has 2 aromatic heterocycles. The van der Waals surface area contributed by atoms with E-state index < -0.39 is 10.8 Å². The lowest BCUT2D eigenvalue weighted by Gasteiger charge is -2.42. The van der Waals surface area contributed by atoms with Crippen LogP contribution in [0.15, 0.2) is 23.4 Å². The zero-order valence-corrected chi connectivity index (χ0v) is 18.8. The third-order valence-electron chi connectivity index (χ3n) is 7.63. The van der Waals surface area contributed by atoms with Crippen molar-refractivity contribution in [2.45, 2.75) is 60.9 Å². The van der Waals surface area contributed by atoms with Gasteiger partial charge in [0.05, 0.1) is 32.9 Å². The first-order valence-corrected chi connectivity index (χ1v) is 12.8. The van der Waals surface area contributed by atoms with Crippen LogP contribution in [0.25, 0.3) is 0 Å². The predicted octanol–water partition coefficient (Wildman–Crippen LogP) is 2.90. The lowest BCUT2D eigenvalue weighted by atomic mass is 9.77. The molecule has 2 aromatic rings. The highest BCUT2D eigenvalue weighted by atomic mass is 35.5. The molecule has 4 atom stereocenters. The molecule has 3 unspecified atom stereocenters. The Balaban J connectivity index is 1.28. The Bertz CT molecular complexity index is 1040. The second-order valence-electron chi connectivity index (χ2n) is 9.44. The van der Waals surface area contributed by atoms with Crippen molar-refractivity contribution in [2.75, 3.05) is 29.1 Å². The topological polar surface area (TPSA) is 91.2 Å². The van der Waals surface area contributed by atoms with Crippen LogP contribution in [0.3, 0.4) is 0 Å². The van der Waals surface area contributed by atoms with Gasteiger partial charge in [0, 0.05) is 36.7 Å². The van der Waals surface area contributed by atoms with Gasteiger partial charge < -0.3 is 15.3 Å². The summed E-state index contributed by atoms with van der Waals surface area (Å²) in [5.41, 5.74) is 0.825. The average Bonchev–Trinajstić information content (AvgIpc) is 3.45. The molecule has 2 aliphatic heterocycles. The number of aliphatic hydroxyl groups is 1. The molecule has 2 saturated carbocycles. The Hall–Kier alpha value is -1.77. The molecule has 2 bridgehead atoms. The highest BCUT2D eigenvalue weighted by Crippen LogP contribution is 2.49. The van der Waals surface area contributed by atoms with Crippen molar-refractivity contribution in [3.05, 3.63) is 34.9 Å². The van der Waals surface area contributed by atoms with Crippen LogP contribution in [0.4, 0.5) is 11.6 Å². The number of halogens is 1. The van der Waals surface area contributed by atoms with Crippen molar-refractivity contribution in [1.29, 1.82) is 0 Å². The number of pyridine rings is 1. The van der Waals surface area contributed by atoms with Crippen LogP contribution < -0.4 is 10.2 Å². The van der Waals surface area contributed by atoms with E-state index in [-0.39, 0.29) is 12.1 Å². The van der Waals surface area contributed by atoms with Gasteiger partial charge in [0.1, 0.15) is 17.5 Å². The molecule has 0 amide bonds. The molecule has 4 aliphatic rings. The maximum Gasteiger partial charge on any atom is 0.145 e. The van der Waals surface area contributed by atoms with Gasteiger partial charge in [0.25, 0.3) is 0 Å². The Labute approximate surface area is 189 Å². The molecular formula is C22H26ClN5O2S. The molecule has 2 aliphatic carbocycles. The molecule has 4 heterocycles. The number of piperidine rings is 1. The molecule has 2 N–H and O–H groups in total. The number of aromatic nitrogens is 3. The SMILES string of the molecule is O=[S@@]1CCc2cc(N3CC4CC3CC4c3ncc(Cl)cn3)nc(NC3(CO)CCC3)c21. The number of rotatable bonds is 5. The van der Waals surface area contributed by atoms with E-state index in [9.17, 15) is 9.32 Å². The average molecular weight is 460 g/mol. The van der Waals surface area contributed by atoms with E-state index in [0.29, 0.717) is 28.7 Å². The highest BCUT2D eigenvalue weighted by molar-refractivity contribution is 7.85. The van der Waals surface area contributed by atoms with Gasteiger partial charge in [-0.3, -0.25) is 4.21 Å². The van der Waals surface area contributed by atoms with Gasteiger partial charge >= 0.3 is 0 Å². The van der Waals surface area contributed by atoms with Gasteiger partial charge in [-0.15, -0.1) is 0 Å². The predicted molar refractivity (Wildman–Crippen MR) is 120 cm³/mol. The number of hydrogen-bond acceptors (Lipinski definition) is 7. The number of aliphatic hydroxyl groups excluding tert-OH is 1. The minimum absolute atomic E-state index is 0.0809. The molecule has 164 valence electrons. The number of anilines is 2. The maximum absolute atomic E-state index is 12.7. The Morgan fingerprint density at radius 1 is 1.29 bits per heavy atom. The summed E-state index contributed by atoms with van der Waals surface area (Å²) in [4.78, 5) is 17.2. The van der Waals surface area contributed by atoms with Crippen molar-refractivity contribution in [3.63, 3.8) is 0 Å². The summed E-state index contributed by atoms with van der Waals surface area (Å²) in [5.74, 6) is 4.11. The maximum atomic E-state index is 12.7. The van der Waals surface area contributed by atoms with Gasteiger partial charge in [-0.1, -0.05) is 11.6 Å². The number of nitrogens with zero attached hydrogens (tertiary/aromatic N) is 4. The second-order valence-corrected chi connectivity index (χ2v) is 11.4. The van der Waals surface area contributed by atoms with Crippen molar-refractivity contribution in [3.8, 4) is 0 Å². The van der Waals surface area contributed by atoms with E-state index in [4.69, 9.17) is 16.6 Å². The smallest absolute Gasteiger partial charge is 0.145 e. The molecule has 0 radical (unpaired) electrons. The molecule has 6 rings (SSSR count). The Morgan fingerprint density at radius 2 is 2.10 bits per heavy atom. The van der Waals surface area contributed by atoms with Gasteiger partial charge in [-0.2, -0.15) is 0 Å². The fourth-order valence-electron chi connectivity index (χ4n) is 5.79. The monoisotopic (exact) mass is 459 g/mol. The van der Waals surface area contributed by atoms with Gasteiger partial charge in [0.15, 0.2) is 0 Å². The summed E-state index contributed by atoms with van der Waals surface area (Å²) in [5, 5.41) is 14.0. The van der Waals surface area contributed by atoms with Crippen molar-refractivity contribution < 1.29 is 9.32 Å². The van der Waals surface area contributed by atoms with E-state index in [1.54, 1.807) is 12.4 Å². The third-order valence-corrected chi connectivity index (χ3v) is 9.31. The van der Waals surface area contributed by atoms with E-state index in [1.165, 1.54) is 0 Å². The summed E-state index contributed by atoms with van der Waals surface area (Å²) in [6.45, 7) is 1.01. The summed E-state index contributed by atoms with van der Waals surface area (Å²) < 4.78 is 12.7. The largest absolute Gasteiger partial charge is 0.394 e. The summed E-state index contributed by atoms with van der Waals surface area (Å²) in [6, 6.07) is 2.56. The summed E-state index contributed by atoms with van der Waals surface area (Å²) in [6.07, 6.45) is 9.27. The number of nitrogens with one attached hydrogen (secondary N) is 1. The van der Waals surface area contributed by atoms with Crippen LogP contribution >= 0.6 is 11.6 Å². The normalized spacial score (nSPS) is 30.3. The lowest BCUT2D eigenvalue weighted by molar-refractivity contribution is 0.143. The molecule has 7 nitrogen and oxygen atoms in total. The van der Waals surface area contributed by atoms with Crippen molar-refractivity contribution in [2.24, 2.45) is 5.92 Å². The van der Waals surface area contributed by atoms with Gasteiger partial charge in [-0.05, 0) is 56.1 Å². The van der Waals surface area contributed by atoms with Crippen LogP contribution in [-0.2, 0) is 17.2 Å². The molecular weight excluding hydrogens is 434 g/mol. The number of aryl methyl sites for hydroxylation is 1. The second kappa shape index (κ2) is 7.39. The first-order valence-electron chi connectivity index (χ1n) is 11.1. The summed E-state index contributed by atoms with van der Waals surface area (Å²) in [7, 11) is -1.02. The quantitative estimate of drug-likeness (QED) is 0.710. The van der Waals surface area contributed by atoms with Crippen LogP contribution in [-0.4, -0.2) is 54.8 Å². The minimum atomic E-state index is -1.02. The molecule has 0 aromatic carbocycles.